The van der Waals surface area contributed by atoms with Gasteiger partial charge in [-0.1, -0.05) is 68.5 Å². The maximum Gasteiger partial charge on any atom is 0.170 e. The first-order valence-electron chi connectivity index (χ1n) is 7.05. The monoisotopic (exact) mass is 242 g/mol. The molecule has 0 heterocycles. The SMILES string of the molecule is CCCCCCC1C(=O)c2ccccc2C=C1C. The lowest BCUT2D eigenvalue weighted by Gasteiger charge is -2.22. The molecule has 1 atom stereocenters. The van der Waals surface area contributed by atoms with Gasteiger partial charge in [0, 0.05) is 11.5 Å². The van der Waals surface area contributed by atoms with Gasteiger partial charge in [-0.05, 0) is 18.9 Å². The van der Waals surface area contributed by atoms with Gasteiger partial charge in [-0.25, -0.2) is 0 Å². The van der Waals surface area contributed by atoms with Gasteiger partial charge in [-0.2, -0.15) is 0 Å². The van der Waals surface area contributed by atoms with Crippen molar-refractivity contribution in [1.82, 2.24) is 0 Å². The van der Waals surface area contributed by atoms with E-state index in [-0.39, 0.29) is 5.92 Å². The highest BCUT2D eigenvalue weighted by molar-refractivity contribution is 6.05. The van der Waals surface area contributed by atoms with Crippen LogP contribution in [-0.2, 0) is 0 Å². The van der Waals surface area contributed by atoms with E-state index in [0.717, 1.165) is 24.0 Å². The maximum atomic E-state index is 12.5. The fourth-order valence-electron chi connectivity index (χ4n) is 2.72. The van der Waals surface area contributed by atoms with E-state index >= 15 is 0 Å². The molecule has 1 aromatic rings. The highest BCUT2D eigenvalue weighted by Crippen LogP contribution is 2.31. The molecule has 0 aromatic heterocycles. The second-order valence-corrected chi connectivity index (χ2v) is 5.24. The number of hydrogen-bond acceptors (Lipinski definition) is 1. The largest absolute Gasteiger partial charge is 0.293 e. The van der Waals surface area contributed by atoms with Crippen LogP contribution in [0, 0.1) is 5.92 Å². The zero-order valence-electron chi connectivity index (χ0n) is 11.4. The van der Waals surface area contributed by atoms with Crippen molar-refractivity contribution in [3.8, 4) is 0 Å². The summed E-state index contributed by atoms with van der Waals surface area (Å²) in [6.07, 6.45) is 8.13. The van der Waals surface area contributed by atoms with Crippen LogP contribution in [0.15, 0.2) is 29.8 Å². The summed E-state index contributed by atoms with van der Waals surface area (Å²) in [6, 6.07) is 7.94. The number of Topliss-reactive ketones (excluding diaryl/α,β-unsaturated/α-hetero) is 1. The van der Waals surface area contributed by atoms with Crippen LogP contribution < -0.4 is 0 Å². The molecule has 1 aromatic carbocycles. The van der Waals surface area contributed by atoms with Crippen LogP contribution >= 0.6 is 0 Å². The van der Waals surface area contributed by atoms with Crippen molar-refractivity contribution in [2.24, 2.45) is 5.92 Å². The molecule has 0 fully saturated rings. The molecular formula is C17H22O. The van der Waals surface area contributed by atoms with Crippen molar-refractivity contribution >= 4 is 11.9 Å². The predicted octanol–water partition coefficient (Wildman–Crippen LogP) is 4.87. The third-order valence-corrected chi connectivity index (χ3v) is 3.82. The molecule has 2 rings (SSSR count). The third-order valence-electron chi connectivity index (χ3n) is 3.82. The zero-order chi connectivity index (χ0) is 13.0. The lowest BCUT2D eigenvalue weighted by atomic mass is 9.80. The molecule has 1 nitrogen and oxygen atoms in total. The van der Waals surface area contributed by atoms with E-state index in [4.69, 9.17) is 0 Å². The van der Waals surface area contributed by atoms with Gasteiger partial charge in [-0.15, -0.1) is 0 Å². The molecule has 0 bridgehead atoms. The average molecular weight is 242 g/mol. The molecule has 0 radical (unpaired) electrons. The van der Waals surface area contributed by atoms with E-state index in [0.29, 0.717) is 5.78 Å². The Labute approximate surface area is 110 Å². The van der Waals surface area contributed by atoms with E-state index in [2.05, 4.69) is 19.9 Å². The van der Waals surface area contributed by atoms with Crippen molar-refractivity contribution in [1.29, 1.82) is 0 Å². The van der Waals surface area contributed by atoms with Crippen LogP contribution in [-0.4, -0.2) is 5.78 Å². The number of rotatable bonds is 5. The van der Waals surface area contributed by atoms with Gasteiger partial charge in [0.25, 0.3) is 0 Å². The molecule has 0 N–H and O–H groups in total. The highest BCUT2D eigenvalue weighted by Gasteiger charge is 2.26. The van der Waals surface area contributed by atoms with E-state index in [1.54, 1.807) is 0 Å². The minimum Gasteiger partial charge on any atom is -0.293 e. The van der Waals surface area contributed by atoms with Crippen molar-refractivity contribution in [2.75, 3.05) is 0 Å². The first-order valence-corrected chi connectivity index (χ1v) is 7.05. The van der Waals surface area contributed by atoms with Crippen LogP contribution in [0.25, 0.3) is 6.08 Å². The summed E-state index contributed by atoms with van der Waals surface area (Å²) in [6.45, 7) is 4.31. The van der Waals surface area contributed by atoms with Crippen molar-refractivity contribution in [3.63, 3.8) is 0 Å². The van der Waals surface area contributed by atoms with Crippen molar-refractivity contribution in [3.05, 3.63) is 41.0 Å². The molecule has 0 spiro atoms. The number of ketones is 1. The second kappa shape index (κ2) is 5.99. The average Bonchev–Trinajstić information content (AvgIpc) is 2.38. The lowest BCUT2D eigenvalue weighted by molar-refractivity contribution is 0.0930. The zero-order valence-corrected chi connectivity index (χ0v) is 11.4. The summed E-state index contributed by atoms with van der Waals surface area (Å²) in [5, 5.41) is 0. The summed E-state index contributed by atoms with van der Waals surface area (Å²) >= 11 is 0. The number of carbonyl (C=O) groups is 1. The topological polar surface area (TPSA) is 17.1 Å². The van der Waals surface area contributed by atoms with Crippen LogP contribution in [0.1, 0.15) is 61.9 Å². The third kappa shape index (κ3) is 2.72. The van der Waals surface area contributed by atoms with Gasteiger partial charge >= 0.3 is 0 Å². The molecule has 0 aliphatic heterocycles. The van der Waals surface area contributed by atoms with E-state index < -0.39 is 0 Å². The molecule has 1 heteroatoms. The first kappa shape index (κ1) is 13.1. The fraction of sp³-hybridized carbons (Fsp3) is 0.471. The van der Waals surface area contributed by atoms with Gasteiger partial charge in [-0.3, -0.25) is 4.79 Å². The Morgan fingerprint density at radius 1 is 1.11 bits per heavy atom. The van der Waals surface area contributed by atoms with E-state index in [1.165, 1.54) is 24.8 Å². The van der Waals surface area contributed by atoms with E-state index in [9.17, 15) is 4.79 Å². The van der Waals surface area contributed by atoms with Crippen LogP contribution in [0.5, 0.6) is 0 Å². The Morgan fingerprint density at radius 2 is 1.89 bits per heavy atom. The summed E-state index contributed by atoms with van der Waals surface area (Å²) in [4.78, 5) is 12.5. The number of allylic oxidation sites excluding steroid dienone is 1. The minimum absolute atomic E-state index is 0.122. The Hall–Kier alpha value is -1.37. The number of fused-ring (bicyclic) bond motifs is 1. The van der Waals surface area contributed by atoms with Gasteiger partial charge < -0.3 is 0 Å². The Kier molecular flexibility index (Phi) is 4.35. The summed E-state index contributed by atoms with van der Waals surface area (Å²) in [7, 11) is 0. The highest BCUT2D eigenvalue weighted by atomic mass is 16.1. The number of benzene rings is 1. The predicted molar refractivity (Wildman–Crippen MR) is 76.7 cm³/mol. The number of hydrogen-bond donors (Lipinski definition) is 0. The smallest absolute Gasteiger partial charge is 0.170 e. The molecule has 0 amide bonds. The molecule has 96 valence electrons. The normalized spacial score (nSPS) is 18.4. The van der Waals surface area contributed by atoms with Crippen LogP contribution in [0.4, 0.5) is 0 Å². The number of carbonyl (C=O) groups excluding carboxylic acids is 1. The first-order chi connectivity index (χ1) is 8.74. The van der Waals surface area contributed by atoms with Crippen LogP contribution in [0.2, 0.25) is 0 Å². The molecule has 1 unspecified atom stereocenters. The maximum absolute atomic E-state index is 12.5. The molecular weight excluding hydrogens is 220 g/mol. The Bertz CT molecular complexity index is 456. The van der Waals surface area contributed by atoms with Gasteiger partial charge in [0.2, 0.25) is 0 Å². The Balaban J connectivity index is 2.08. The minimum atomic E-state index is 0.122. The molecule has 1 aliphatic carbocycles. The summed E-state index contributed by atoms with van der Waals surface area (Å²) in [5.41, 5.74) is 3.23. The molecule has 18 heavy (non-hydrogen) atoms. The second-order valence-electron chi connectivity index (χ2n) is 5.24. The van der Waals surface area contributed by atoms with Crippen molar-refractivity contribution < 1.29 is 4.79 Å². The molecule has 1 aliphatic rings. The summed E-state index contributed by atoms with van der Waals surface area (Å²) < 4.78 is 0. The van der Waals surface area contributed by atoms with Gasteiger partial charge in [0.05, 0.1) is 0 Å². The van der Waals surface area contributed by atoms with Gasteiger partial charge in [0.1, 0.15) is 0 Å². The van der Waals surface area contributed by atoms with Crippen LogP contribution in [0.3, 0.4) is 0 Å². The van der Waals surface area contributed by atoms with Crippen molar-refractivity contribution in [2.45, 2.75) is 46.0 Å². The Morgan fingerprint density at radius 3 is 2.67 bits per heavy atom. The standard InChI is InChI=1S/C17H22O/c1-3-4-5-6-10-15-13(2)12-14-9-7-8-11-16(14)17(15)18/h7-9,11-12,15H,3-6,10H2,1-2H3. The molecule has 0 saturated heterocycles. The fourth-order valence-corrected chi connectivity index (χ4v) is 2.72. The molecule has 0 saturated carbocycles. The summed E-state index contributed by atoms with van der Waals surface area (Å²) in [5.74, 6) is 0.443. The lowest BCUT2D eigenvalue weighted by Crippen LogP contribution is -2.20. The number of unbranched alkanes of at least 4 members (excludes halogenated alkanes) is 3. The van der Waals surface area contributed by atoms with E-state index in [1.807, 2.05) is 24.3 Å². The quantitative estimate of drug-likeness (QED) is 0.673. The van der Waals surface area contributed by atoms with Gasteiger partial charge in [0.15, 0.2) is 5.78 Å².